The predicted molar refractivity (Wildman–Crippen MR) is 90.4 cm³/mol. The molecule has 2 N–H and O–H groups in total. The second-order valence-electron chi connectivity index (χ2n) is 5.38. The lowest BCUT2D eigenvalue weighted by molar-refractivity contribution is -0.126. The molecule has 1 aliphatic rings. The Kier molecular flexibility index (Phi) is 6.04. The van der Waals surface area contributed by atoms with Crippen molar-refractivity contribution in [3.8, 4) is 0 Å². The highest BCUT2D eigenvalue weighted by Gasteiger charge is 2.34. The molecule has 124 valence electrons. The predicted octanol–water partition coefficient (Wildman–Crippen LogP) is 1.01. The van der Waals surface area contributed by atoms with Crippen LogP contribution in [0.4, 0.5) is 5.69 Å². The molecule has 2 rings (SSSR count). The number of nitrogens with zero attached hydrogens (tertiary/aromatic N) is 1. The fraction of sp³-hybridized carbons (Fsp3) is 0.438. The van der Waals surface area contributed by atoms with Gasteiger partial charge in [0.05, 0.1) is 5.92 Å². The van der Waals surface area contributed by atoms with Crippen molar-refractivity contribution in [3.63, 3.8) is 0 Å². The number of hydrogen-bond acceptors (Lipinski definition) is 4. The smallest absolute Gasteiger partial charge is 0.227 e. The van der Waals surface area contributed by atoms with E-state index in [1.807, 2.05) is 30.5 Å². The third kappa shape index (κ3) is 4.72. The van der Waals surface area contributed by atoms with Crippen LogP contribution in [0.25, 0.3) is 0 Å². The number of anilines is 1. The quantitative estimate of drug-likeness (QED) is 0.601. The van der Waals surface area contributed by atoms with Crippen LogP contribution >= 0.6 is 11.8 Å². The molecule has 1 aromatic carbocycles. The van der Waals surface area contributed by atoms with E-state index in [0.717, 1.165) is 10.6 Å². The molecule has 0 bridgehead atoms. The van der Waals surface area contributed by atoms with Crippen molar-refractivity contribution >= 4 is 35.2 Å². The van der Waals surface area contributed by atoms with Crippen LogP contribution in [0.1, 0.15) is 13.3 Å². The second-order valence-corrected chi connectivity index (χ2v) is 6.26. The summed E-state index contributed by atoms with van der Waals surface area (Å²) in [7, 11) is 0. The first-order chi connectivity index (χ1) is 11.0. The van der Waals surface area contributed by atoms with E-state index < -0.39 is 0 Å². The normalized spacial score (nSPS) is 17.2. The van der Waals surface area contributed by atoms with Crippen LogP contribution in [0.15, 0.2) is 29.2 Å². The average Bonchev–Trinajstić information content (AvgIpc) is 2.93. The first kappa shape index (κ1) is 17.3. The maximum atomic E-state index is 12.2. The van der Waals surface area contributed by atoms with Gasteiger partial charge >= 0.3 is 0 Å². The minimum atomic E-state index is -0.349. The van der Waals surface area contributed by atoms with Gasteiger partial charge in [-0.3, -0.25) is 14.4 Å². The molecule has 23 heavy (non-hydrogen) atoms. The molecular formula is C16H21N3O3S. The topological polar surface area (TPSA) is 78.5 Å². The molecule has 1 saturated heterocycles. The van der Waals surface area contributed by atoms with E-state index in [1.165, 1.54) is 6.92 Å². The van der Waals surface area contributed by atoms with Crippen molar-refractivity contribution in [2.24, 2.45) is 5.92 Å². The minimum absolute atomic E-state index is 0.0368. The largest absolute Gasteiger partial charge is 0.355 e. The molecular weight excluding hydrogens is 314 g/mol. The maximum Gasteiger partial charge on any atom is 0.227 e. The molecule has 1 atom stereocenters. The lowest BCUT2D eigenvalue weighted by atomic mass is 10.1. The average molecular weight is 335 g/mol. The third-order valence-corrected chi connectivity index (χ3v) is 4.38. The lowest BCUT2D eigenvalue weighted by Gasteiger charge is -2.17. The van der Waals surface area contributed by atoms with Crippen molar-refractivity contribution in [1.29, 1.82) is 0 Å². The van der Waals surface area contributed by atoms with Gasteiger partial charge in [-0.25, -0.2) is 0 Å². The maximum absolute atomic E-state index is 12.2. The van der Waals surface area contributed by atoms with Gasteiger partial charge in [-0.2, -0.15) is 0 Å². The number of hydrogen-bond donors (Lipinski definition) is 2. The fourth-order valence-electron chi connectivity index (χ4n) is 2.48. The SMILES string of the molecule is CSc1cccc(N2CC(C(=O)NCCNC(C)=O)CC2=O)c1. The summed E-state index contributed by atoms with van der Waals surface area (Å²) >= 11 is 1.61. The lowest BCUT2D eigenvalue weighted by Crippen LogP contribution is -2.37. The van der Waals surface area contributed by atoms with Crippen molar-refractivity contribution in [2.75, 3.05) is 30.8 Å². The van der Waals surface area contributed by atoms with Crippen molar-refractivity contribution < 1.29 is 14.4 Å². The monoisotopic (exact) mass is 335 g/mol. The molecule has 0 aliphatic carbocycles. The highest BCUT2D eigenvalue weighted by molar-refractivity contribution is 7.98. The molecule has 3 amide bonds. The Morgan fingerprint density at radius 3 is 2.74 bits per heavy atom. The molecule has 1 fully saturated rings. The van der Waals surface area contributed by atoms with Crippen molar-refractivity contribution in [1.82, 2.24) is 10.6 Å². The Morgan fingerprint density at radius 1 is 1.30 bits per heavy atom. The van der Waals surface area contributed by atoms with Crippen LogP contribution < -0.4 is 15.5 Å². The van der Waals surface area contributed by atoms with Gasteiger partial charge in [0.2, 0.25) is 17.7 Å². The Hall–Kier alpha value is -2.02. The molecule has 1 aliphatic heterocycles. The highest BCUT2D eigenvalue weighted by atomic mass is 32.2. The number of thioether (sulfide) groups is 1. The summed E-state index contributed by atoms with van der Waals surface area (Å²) in [4.78, 5) is 37.8. The van der Waals surface area contributed by atoms with Gasteiger partial charge < -0.3 is 15.5 Å². The van der Waals surface area contributed by atoms with Gasteiger partial charge in [0.15, 0.2) is 0 Å². The summed E-state index contributed by atoms with van der Waals surface area (Å²) in [5, 5.41) is 5.37. The number of nitrogens with one attached hydrogen (secondary N) is 2. The van der Waals surface area contributed by atoms with E-state index in [0.29, 0.717) is 19.6 Å². The van der Waals surface area contributed by atoms with Gasteiger partial charge in [0.25, 0.3) is 0 Å². The number of benzene rings is 1. The highest BCUT2D eigenvalue weighted by Crippen LogP contribution is 2.28. The summed E-state index contributed by atoms with van der Waals surface area (Å²) in [6.45, 7) is 2.58. The van der Waals surface area contributed by atoms with Crippen LogP contribution in [0.5, 0.6) is 0 Å². The number of carbonyl (C=O) groups is 3. The minimum Gasteiger partial charge on any atom is -0.355 e. The Balaban J connectivity index is 1.91. The second kappa shape index (κ2) is 8.01. The molecule has 0 saturated carbocycles. The van der Waals surface area contributed by atoms with Crippen molar-refractivity contribution in [2.45, 2.75) is 18.2 Å². The van der Waals surface area contributed by atoms with Gasteiger partial charge in [0.1, 0.15) is 0 Å². The summed E-state index contributed by atoms with van der Waals surface area (Å²) in [6.07, 6.45) is 2.20. The molecule has 0 spiro atoms. The van der Waals surface area contributed by atoms with E-state index in [1.54, 1.807) is 16.7 Å². The molecule has 1 heterocycles. The zero-order valence-electron chi connectivity index (χ0n) is 13.3. The Morgan fingerprint density at radius 2 is 2.04 bits per heavy atom. The zero-order valence-corrected chi connectivity index (χ0v) is 14.1. The molecule has 1 unspecified atom stereocenters. The molecule has 6 nitrogen and oxygen atoms in total. The third-order valence-electron chi connectivity index (χ3n) is 3.66. The van der Waals surface area contributed by atoms with Crippen LogP contribution in [0, 0.1) is 5.92 Å². The van der Waals surface area contributed by atoms with E-state index in [2.05, 4.69) is 10.6 Å². The molecule has 1 aromatic rings. The molecule has 0 radical (unpaired) electrons. The first-order valence-electron chi connectivity index (χ1n) is 7.48. The van der Waals surface area contributed by atoms with E-state index >= 15 is 0 Å². The summed E-state index contributed by atoms with van der Waals surface area (Å²) in [6, 6.07) is 7.74. The molecule has 0 aromatic heterocycles. The van der Waals surface area contributed by atoms with E-state index in [4.69, 9.17) is 0 Å². The first-order valence-corrected chi connectivity index (χ1v) is 8.70. The fourth-order valence-corrected chi connectivity index (χ4v) is 2.93. The van der Waals surface area contributed by atoms with Crippen LogP contribution in [-0.2, 0) is 14.4 Å². The summed E-state index contributed by atoms with van der Waals surface area (Å²) in [5.41, 5.74) is 0.829. The summed E-state index contributed by atoms with van der Waals surface area (Å²) < 4.78 is 0. The van der Waals surface area contributed by atoms with E-state index in [-0.39, 0.29) is 30.1 Å². The van der Waals surface area contributed by atoms with Gasteiger partial charge in [-0.15, -0.1) is 11.8 Å². The summed E-state index contributed by atoms with van der Waals surface area (Å²) in [5.74, 6) is -0.662. The number of rotatable bonds is 6. The Labute approximate surface area is 140 Å². The number of amides is 3. The van der Waals surface area contributed by atoms with Crippen molar-refractivity contribution in [3.05, 3.63) is 24.3 Å². The zero-order chi connectivity index (χ0) is 16.8. The van der Waals surface area contributed by atoms with Gasteiger partial charge in [-0.05, 0) is 24.5 Å². The molecule has 7 heteroatoms. The van der Waals surface area contributed by atoms with Crippen LogP contribution in [0.2, 0.25) is 0 Å². The van der Waals surface area contributed by atoms with Gasteiger partial charge in [-0.1, -0.05) is 6.07 Å². The Bertz CT molecular complexity index is 606. The van der Waals surface area contributed by atoms with Gasteiger partial charge in [0, 0.05) is 43.6 Å². The van der Waals surface area contributed by atoms with Crippen LogP contribution in [-0.4, -0.2) is 43.6 Å². The number of carbonyl (C=O) groups excluding carboxylic acids is 3. The van der Waals surface area contributed by atoms with Crippen LogP contribution in [0.3, 0.4) is 0 Å². The van der Waals surface area contributed by atoms with E-state index in [9.17, 15) is 14.4 Å². The standard InChI is InChI=1S/C16H21N3O3S/c1-11(20)17-6-7-18-16(22)12-8-15(21)19(10-12)13-4-3-5-14(9-13)23-2/h3-5,9,12H,6-8,10H2,1-2H3,(H,17,20)(H,18,22).